The van der Waals surface area contributed by atoms with Gasteiger partial charge in [0.25, 0.3) is 0 Å². The van der Waals surface area contributed by atoms with Crippen molar-refractivity contribution in [2.75, 3.05) is 36.0 Å². The van der Waals surface area contributed by atoms with E-state index >= 15 is 0 Å². The first-order valence-corrected chi connectivity index (χ1v) is 26.2. The molecule has 62 heavy (non-hydrogen) atoms. The average Bonchev–Trinajstić information content (AvgIpc) is 3.28. The second kappa shape index (κ2) is 29.9. The summed E-state index contributed by atoms with van der Waals surface area (Å²) >= 11 is 14.9. The topological polar surface area (TPSA) is 6.48 Å². The first-order chi connectivity index (χ1) is 30.3. The van der Waals surface area contributed by atoms with E-state index in [0.717, 1.165) is 77.5 Å². The van der Waals surface area contributed by atoms with E-state index in [2.05, 4.69) is 197 Å². The molecule has 4 rings (SSSR count). The number of anilines is 2. The Hall–Kier alpha value is -3.36. The number of benzene rings is 4. The van der Waals surface area contributed by atoms with Crippen LogP contribution in [0.15, 0.2) is 90.7 Å². The molecule has 0 spiro atoms. The maximum Gasteiger partial charge on any atom is 0.0409 e. The maximum absolute atomic E-state index is 3.73. The third-order valence-electron chi connectivity index (χ3n) is 10.8. The Labute approximate surface area is 409 Å². The fourth-order valence-electron chi connectivity index (χ4n) is 7.12. The highest BCUT2D eigenvalue weighted by Gasteiger charge is 2.09. The van der Waals surface area contributed by atoms with E-state index in [1.165, 1.54) is 114 Å². The molecule has 0 fully saturated rings. The van der Waals surface area contributed by atoms with Crippen molar-refractivity contribution >= 4 is 75.1 Å². The van der Waals surface area contributed by atoms with Gasteiger partial charge in [0, 0.05) is 88.8 Å². The molecule has 4 aromatic rings. The Morgan fingerprint density at radius 3 is 0.887 bits per heavy atom. The van der Waals surface area contributed by atoms with Gasteiger partial charge in [-0.15, -0.1) is 0 Å². The molecule has 0 heterocycles. The van der Waals surface area contributed by atoms with Crippen LogP contribution in [0.2, 0.25) is 0 Å². The highest BCUT2D eigenvalue weighted by molar-refractivity contribution is 9.11. The Morgan fingerprint density at radius 1 is 0.339 bits per heavy atom. The highest BCUT2D eigenvalue weighted by Crippen LogP contribution is 2.27. The van der Waals surface area contributed by atoms with Crippen LogP contribution in [-0.2, 0) is 0 Å². The Bertz CT molecular complexity index is 2050. The first-order valence-electron chi connectivity index (χ1n) is 23.0. The molecular weight excluding hydrogens is 1020 g/mol. The van der Waals surface area contributed by atoms with Crippen molar-refractivity contribution in [1.29, 1.82) is 0 Å². The smallest absolute Gasteiger partial charge is 0.0409 e. The number of hydrogen-bond donors (Lipinski definition) is 0. The van der Waals surface area contributed by atoms with E-state index in [1.54, 1.807) is 0 Å². The predicted octanol–water partition coefficient (Wildman–Crippen LogP) is 16.9. The summed E-state index contributed by atoms with van der Waals surface area (Å²) in [6, 6.07) is 25.5. The molecule has 0 amide bonds. The Morgan fingerprint density at radius 2 is 0.613 bits per heavy atom. The van der Waals surface area contributed by atoms with Crippen molar-refractivity contribution in [2.45, 2.75) is 130 Å². The second-order valence-electron chi connectivity index (χ2n) is 15.9. The van der Waals surface area contributed by atoms with Crippen molar-refractivity contribution in [1.82, 2.24) is 0 Å². The van der Waals surface area contributed by atoms with E-state index in [-0.39, 0.29) is 0 Å². The van der Waals surface area contributed by atoms with Gasteiger partial charge in [-0.2, -0.15) is 0 Å². The molecule has 0 aliphatic rings. The molecular formula is C56H64Br4N2. The van der Waals surface area contributed by atoms with Gasteiger partial charge in [0.1, 0.15) is 0 Å². The van der Waals surface area contributed by atoms with Gasteiger partial charge in [-0.3, -0.25) is 0 Å². The molecule has 0 saturated carbocycles. The minimum absolute atomic E-state index is 0.838. The van der Waals surface area contributed by atoms with Gasteiger partial charge in [0.15, 0.2) is 0 Å². The molecule has 326 valence electrons. The summed E-state index contributed by atoms with van der Waals surface area (Å²) in [7, 11) is 0. The van der Waals surface area contributed by atoms with Crippen LogP contribution >= 0.6 is 63.7 Å². The van der Waals surface area contributed by atoms with Crippen molar-refractivity contribution in [2.24, 2.45) is 0 Å². The van der Waals surface area contributed by atoms with Crippen LogP contribution in [0.3, 0.4) is 0 Å². The molecule has 0 atom stereocenters. The average molecular weight is 1080 g/mol. The summed E-state index contributed by atoms with van der Waals surface area (Å²) < 4.78 is 3.54. The summed E-state index contributed by atoms with van der Waals surface area (Å²) in [5.74, 6) is 25.9. The fourth-order valence-corrected chi connectivity index (χ4v) is 8.89. The number of rotatable bonds is 22. The molecule has 0 aliphatic carbocycles. The zero-order valence-electron chi connectivity index (χ0n) is 37.5. The molecule has 0 saturated heterocycles. The van der Waals surface area contributed by atoms with Crippen LogP contribution < -0.4 is 9.80 Å². The monoisotopic (exact) mass is 1080 g/mol. The molecule has 0 unspecified atom stereocenters. The van der Waals surface area contributed by atoms with Gasteiger partial charge in [-0.1, -0.05) is 140 Å². The number of unbranched alkanes of at least 4 members (excludes halogenated alkanes) is 12. The van der Waals surface area contributed by atoms with E-state index in [1.807, 2.05) is 24.3 Å². The summed E-state index contributed by atoms with van der Waals surface area (Å²) in [5.41, 5.74) is 8.05. The van der Waals surface area contributed by atoms with Gasteiger partial charge >= 0.3 is 0 Å². The normalized spacial score (nSPS) is 10.4. The highest BCUT2D eigenvalue weighted by atomic mass is 79.9. The third-order valence-corrected chi connectivity index (χ3v) is 13.5. The molecule has 0 aliphatic heterocycles. The molecule has 6 heteroatoms. The molecule has 2 nitrogen and oxygen atoms in total. The second-order valence-corrected chi connectivity index (χ2v) is 19.4. The van der Waals surface area contributed by atoms with Gasteiger partial charge in [-0.05, 0) is 174 Å². The first kappa shape index (κ1) is 51.3. The zero-order chi connectivity index (χ0) is 44.4. The summed E-state index contributed by atoms with van der Waals surface area (Å²) in [5, 5.41) is 0. The van der Waals surface area contributed by atoms with E-state index in [9.17, 15) is 0 Å². The van der Waals surface area contributed by atoms with Crippen LogP contribution in [0.5, 0.6) is 0 Å². The van der Waals surface area contributed by atoms with Crippen LogP contribution in [-0.4, -0.2) is 26.2 Å². The fraction of sp³-hybridized carbons (Fsp3) is 0.429. The van der Waals surface area contributed by atoms with Gasteiger partial charge in [0.05, 0.1) is 0 Å². The van der Waals surface area contributed by atoms with Crippen molar-refractivity contribution in [3.8, 4) is 47.4 Å². The summed E-state index contributed by atoms with van der Waals surface area (Å²) in [6.45, 7) is 13.6. The van der Waals surface area contributed by atoms with Crippen LogP contribution in [0.25, 0.3) is 0 Å². The van der Waals surface area contributed by atoms with Crippen LogP contribution in [0.4, 0.5) is 11.4 Å². The molecule has 4 aromatic carbocycles. The molecule has 0 radical (unpaired) electrons. The van der Waals surface area contributed by atoms with Crippen LogP contribution in [0.1, 0.15) is 164 Å². The lowest BCUT2D eigenvalue weighted by atomic mass is 10.1. The lowest BCUT2D eigenvalue weighted by molar-refractivity contribution is 0.609. The lowest BCUT2D eigenvalue weighted by Gasteiger charge is -2.25. The Kier molecular flexibility index (Phi) is 24.7. The van der Waals surface area contributed by atoms with Gasteiger partial charge < -0.3 is 9.80 Å². The Balaban J connectivity index is 1.39. The molecule has 0 aromatic heterocycles. The zero-order valence-corrected chi connectivity index (χ0v) is 43.8. The van der Waals surface area contributed by atoms with Crippen LogP contribution in [0, 0.1) is 47.4 Å². The summed E-state index contributed by atoms with van der Waals surface area (Å²) in [4.78, 5) is 5.12. The minimum Gasteiger partial charge on any atom is -0.372 e. The van der Waals surface area contributed by atoms with Gasteiger partial charge in [-0.25, -0.2) is 0 Å². The van der Waals surface area contributed by atoms with Crippen molar-refractivity contribution in [3.05, 3.63) is 124 Å². The number of hydrogen-bond acceptors (Lipinski definition) is 2. The van der Waals surface area contributed by atoms with Crippen molar-refractivity contribution < 1.29 is 0 Å². The van der Waals surface area contributed by atoms with E-state index < -0.39 is 0 Å². The van der Waals surface area contributed by atoms with Gasteiger partial charge in [0.2, 0.25) is 0 Å². The van der Waals surface area contributed by atoms with Crippen molar-refractivity contribution in [3.63, 3.8) is 0 Å². The standard InChI is InChI=1S/C56H64Br4N2/c1-5-9-13-19-37-61(38-20-14-10-6-2)51-33-27-45(28-34-51)25-31-49-43-53(57)47(41-55(49)59)23-17-18-24-48-42-56(60)50(44-54(48)58)32-26-46-29-35-52(36-30-46)62(39-21-15-11-7-3)40-22-16-12-8-4/h27-30,33-36,41-44H,5-16,19-22,37-40H2,1-4H3. The predicted molar refractivity (Wildman–Crippen MR) is 283 cm³/mol. The van der Waals surface area contributed by atoms with E-state index in [4.69, 9.17) is 0 Å². The molecule has 0 bridgehead atoms. The largest absolute Gasteiger partial charge is 0.372 e. The maximum atomic E-state index is 3.73. The SMILES string of the molecule is CCCCCCN(CCCCCC)c1ccc(C#Cc2cc(Br)c(C#CC#Cc3cc(Br)c(C#Cc4ccc(N(CCCCCC)CCCCCC)cc4)cc3Br)cc2Br)cc1. The minimum atomic E-state index is 0.838. The summed E-state index contributed by atoms with van der Waals surface area (Å²) in [6.07, 6.45) is 20.4. The third kappa shape index (κ3) is 18.4. The number of nitrogens with zero attached hydrogens (tertiary/aromatic N) is 2. The lowest BCUT2D eigenvalue weighted by Crippen LogP contribution is -2.25. The molecule has 0 N–H and O–H groups in total. The quantitative estimate of drug-likeness (QED) is 0.0572. The number of halogens is 4. The van der Waals surface area contributed by atoms with E-state index in [0.29, 0.717) is 0 Å².